The predicted octanol–water partition coefficient (Wildman–Crippen LogP) is 4.96. The molecule has 0 saturated heterocycles. The van der Waals surface area contributed by atoms with Crippen molar-refractivity contribution in [2.75, 3.05) is 5.32 Å². The van der Waals surface area contributed by atoms with E-state index in [9.17, 15) is 4.79 Å². The molecule has 1 aliphatic carbocycles. The number of aromatic nitrogens is 2. The number of hydrogen-bond acceptors (Lipinski definition) is 4. The minimum Gasteiger partial charge on any atom is -0.326 e. The number of nitrogens with zero attached hydrogens (tertiary/aromatic N) is 2. The second kappa shape index (κ2) is 7.02. The number of amides is 1. The van der Waals surface area contributed by atoms with Gasteiger partial charge in [0.05, 0.1) is 12.1 Å². The van der Waals surface area contributed by atoms with Crippen LogP contribution in [0, 0.1) is 0 Å². The molecule has 5 heteroatoms. The Kier molecular flexibility index (Phi) is 4.22. The first kappa shape index (κ1) is 16.8. The fraction of sp³-hybridized carbons (Fsp3) is 0.0870. The van der Waals surface area contributed by atoms with Crippen LogP contribution >= 0.6 is 11.3 Å². The van der Waals surface area contributed by atoms with Crippen molar-refractivity contribution in [3.8, 4) is 21.7 Å². The lowest BCUT2D eigenvalue weighted by Crippen LogP contribution is -2.14. The van der Waals surface area contributed by atoms with E-state index in [1.807, 2.05) is 23.6 Å². The van der Waals surface area contributed by atoms with Crippen LogP contribution in [0.2, 0.25) is 0 Å². The fourth-order valence-electron chi connectivity index (χ4n) is 3.60. The normalized spacial score (nSPS) is 11.7. The highest BCUT2D eigenvalue weighted by Gasteiger charge is 2.18. The summed E-state index contributed by atoms with van der Waals surface area (Å²) in [6.07, 6.45) is 4.69. The van der Waals surface area contributed by atoms with Crippen LogP contribution in [0.1, 0.15) is 16.8 Å². The summed E-state index contributed by atoms with van der Waals surface area (Å²) in [7, 11) is 0. The quantitative estimate of drug-likeness (QED) is 0.477. The zero-order valence-corrected chi connectivity index (χ0v) is 15.9. The largest absolute Gasteiger partial charge is 0.326 e. The van der Waals surface area contributed by atoms with E-state index in [4.69, 9.17) is 0 Å². The molecule has 0 unspecified atom stereocenters. The summed E-state index contributed by atoms with van der Waals surface area (Å²) in [5, 5.41) is 5.82. The van der Waals surface area contributed by atoms with Gasteiger partial charge in [-0.3, -0.25) is 9.78 Å². The fourth-order valence-corrected chi connectivity index (χ4v) is 4.41. The van der Waals surface area contributed by atoms with Gasteiger partial charge in [0.1, 0.15) is 5.01 Å². The summed E-state index contributed by atoms with van der Waals surface area (Å²) in [4.78, 5) is 21.2. The Morgan fingerprint density at radius 1 is 1.04 bits per heavy atom. The molecule has 1 amide bonds. The van der Waals surface area contributed by atoms with Crippen LogP contribution in [0.5, 0.6) is 0 Å². The van der Waals surface area contributed by atoms with E-state index in [-0.39, 0.29) is 12.3 Å². The molecule has 1 aliphatic rings. The second-order valence-corrected chi connectivity index (χ2v) is 7.67. The first-order valence-corrected chi connectivity index (χ1v) is 10.00. The highest BCUT2D eigenvalue weighted by Crippen LogP contribution is 2.37. The van der Waals surface area contributed by atoms with Gasteiger partial charge in [0.2, 0.25) is 5.91 Å². The van der Waals surface area contributed by atoms with Crippen molar-refractivity contribution in [2.24, 2.45) is 0 Å². The lowest BCUT2D eigenvalue weighted by Gasteiger charge is -2.07. The van der Waals surface area contributed by atoms with Gasteiger partial charge in [0.15, 0.2) is 0 Å². The van der Waals surface area contributed by atoms with Gasteiger partial charge >= 0.3 is 0 Å². The monoisotopic (exact) mass is 383 g/mol. The van der Waals surface area contributed by atoms with E-state index in [0.29, 0.717) is 0 Å². The molecule has 0 aliphatic heterocycles. The van der Waals surface area contributed by atoms with Crippen LogP contribution in [-0.4, -0.2) is 15.9 Å². The molecule has 0 atom stereocenters. The van der Waals surface area contributed by atoms with Gasteiger partial charge in [-0.15, -0.1) is 11.3 Å². The number of nitrogens with one attached hydrogen (secondary N) is 1. The second-order valence-electron chi connectivity index (χ2n) is 6.82. The van der Waals surface area contributed by atoms with Gasteiger partial charge in [0.25, 0.3) is 0 Å². The number of hydrogen-bond donors (Lipinski definition) is 1. The Labute approximate surface area is 166 Å². The topological polar surface area (TPSA) is 54.9 Å². The predicted molar refractivity (Wildman–Crippen MR) is 112 cm³/mol. The van der Waals surface area contributed by atoms with Crippen molar-refractivity contribution in [2.45, 2.75) is 12.8 Å². The number of fused-ring (bicyclic) bond motifs is 3. The molecule has 136 valence electrons. The van der Waals surface area contributed by atoms with Gasteiger partial charge in [-0.1, -0.05) is 30.3 Å². The van der Waals surface area contributed by atoms with Gasteiger partial charge in [-0.2, -0.15) is 0 Å². The SMILES string of the molecule is O=C(Cc1csc(-c2cccnc2)n1)Nc1ccc2c(c1)Cc1ccccc1-2. The van der Waals surface area contributed by atoms with Crippen LogP contribution in [0.3, 0.4) is 0 Å². The molecule has 0 bridgehead atoms. The number of thiazole rings is 1. The van der Waals surface area contributed by atoms with E-state index in [1.165, 1.54) is 33.6 Å². The van der Waals surface area contributed by atoms with E-state index in [1.54, 1.807) is 12.4 Å². The summed E-state index contributed by atoms with van der Waals surface area (Å²) in [5.41, 5.74) is 7.72. The summed E-state index contributed by atoms with van der Waals surface area (Å²) in [5.74, 6) is -0.0569. The Bertz CT molecular complexity index is 1170. The smallest absolute Gasteiger partial charge is 0.230 e. The Morgan fingerprint density at radius 2 is 1.93 bits per heavy atom. The molecule has 0 saturated carbocycles. The molecule has 0 radical (unpaired) electrons. The third kappa shape index (κ3) is 3.21. The molecule has 0 fully saturated rings. The number of rotatable bonds is 4. The highest BCUT2D eigenvalue weighted by atomic mass is 32.1. The van der Waals surface area contributed by atoms with Gasteiger partial charge in [-0.05, 0) is 52.9 Å². The number of anilines is 1. The minimum atomic E-state index is -0.0569. The summed E-state index contributed by atoms with van der Waals surface area (Å²) in [6.45, 7) is 0. The van der Waals surface area contributed by atoms with Crippen molar-refractivity contribution in [1.82, 2.24) is 9.97 Å². The van der Waals surface area contributed by atoms with Crippen LogP contribution in [0.4, 0.5) is 5.69 Å². The average molecular weight is 383 g/mol. The molecular weight excluding hydrogens is 366 g/mol. The highest BCUT2D eigenvalue weighted by molar-refractivity contribution is 7.13. The summed E-state index contributed by atoms with van der Waals surface area (Å²) < 4.78 is 0. The van der Waals surface area contributed by atoms with E-state index >= 15 is 0 Å². The Morgan fingerprint density at radius 3 is 2.82 bits per heavy atom. The van der Waals surface area contributed by atoms with Gasteiger partial charge in [-0.25, -0.2) is 4.98 Å². The molecule has 2 heterocycles. The molecule has 28 heavy (non-hydrogen) atoms. The molecule has 2 aromatic heterocycles. The van der Waals surface area contributed by atoms with Crippen LogP contribution < -0.4 is 5.32 Å². The van der Waals surface area contributed by atoms with E-state index in [0.717, 1.165) is 28.4 Å². The van der Waals surface area contributed by atoms with Crippen LogP contribution in [0.15, 0.2) is 72.4 Å². The molecule has 2 aromatic carbocycles. The van der Waals surface area contributed by atoms with Gasteiger partial charge in [0, 0.05) is 29.0 Å². The Balaban J connectivity index is 1.28. The maximum Gasteiger partial charge on any atom is 0.230 e. The van der Waals surface area contributed by atoms with Crippen molar-refractivity contribution >= 4 is 22.9 Å². The van der Waals surface area contributed by atoms with Crippen LogP contribution in [-0.2, 0) is 17.6 Å². The molecule has 1 N–H and O–H groups in total. The summed E-state index contributed by atoms with van der Waals surface area (Å²) in [6, 6.07) is 18.5. The van der Waals surface area contributed by atoms with Crippen molar-refractivity contribution in [1.29, 1.82) is 0 Å². The van der Waals surface area contributed by atoms with Crippen molar-refractivity contribution in [3.63, 3.8) is 0 Å². The third-order valence-corrected chi connectivity index (χ3v) is 5.82. The minimum absolute atomic E-state index is 0.0569. The van der Waals surface area contributed by atoms with Crippen LogP contribution in [0.25, 0.3) is 21.7 Å². The summed E-state index contributed by atoms with van der Waals surface area (Å²) >= 11 is 1.53. The van der Waals surface area contributed by atoms with E-state index < -0.39 is 0 Å². The molecule has 4 nitrogen and oxygen atoms in total. The number of carbonyl (C=O) groups is 1. The zero-order chi connectivity index (χ0) is 18.9. The lowest BCUT2D eigenvalue weighted by molar-refractivity contribution is -0.115. The first-order valence-electron chi connectivity index (χ1n) is 9.12. The third-order valence-electron chi connectivity index (χ3n) is 4.88. The Hall–Kier alpha value is -3.31. The standard InChI is InChI=1S/C23H17N3OS/c27-22(12-19-14-28-23(26-19)16-5-3-9-24-13-16)25-18-7-8-21-17(11-18)10-15-4-1-2-6-20(15)21/h1-9,11,13-14H,10,12H2,(H,25,27). The maximum absolute atomic E-state index is 12.5. The number of pyridine rings is 1. The average Bonchev–Trinajstić information content (AvgIpc) is 3.32. The van der Waals surface area contributed by atoms with Crippen molar-refractivity contribution in [3.05, 3.63) is 89.2 Å². The zero-order valence-electron chi connectivity index (χ0n) is 15.1. The van der Waals surface area contributed by atoms with Gasteiger partial charge < -0.3 is 5.32 Å². The molecule has 4 aromatic rings. The number of benzene rings is 2. The maximum atomic E-state index is 12.5. The van der Waals surface area contributed by atoms with E-state index in [2.05, 4.69) is 51.7 Å². The molecular formula is C23H17N3OS. The first-order chi connectivity index (χ1) is 13.8. The molecule has 5 rings (SSSR count). The number of carbonyl (C=O) groups excluding carboxylic acids is 1. The van der Waals surface area contributed by atoms with Crippen molar-refractivity contribution < 1.29 is 4.79 Å². The molecule has 0 spiro atoms. The lowest BCUT2D eigenvalue weighted by atomic mass is 10.1.